The van der Waals surface area contributed by atoms with Crippen molar-refractivity contribution in [2.75, 3.05) is 12.4 Å². The van der Waals surface area contributed by atoms with Gasteiger partial charge in [0.25, 0.3) is 0 Å². The zero-order chi connectivity index (χ0) is 9.84. The van der Waals surface area contributed by atoms with Crippen LogP contribution in [0.3, 0.4) is 0 Å². The summed E-state index contributed by atoms with van der Waals surface area (Å²) in [4.78, 5) is 10.5. The summed E-state index contributed by atoms with van der Waals surface area (Å²) in [7, 11) is 1.52. The van der Waals surface area contributed by atoms with Crippen LogP contribution in [0.25, 0.3) is 0 Å². The Morgan fingerprint density at radius 1 is 1.54 bits per heavy atom. The molecule has 0 fully saturated rings. The molecule has 0 spiro atoms. The summed E-state index contributed by atoms with van der Waals surface area (Å²) in [6, 6.07) is 4.89. The Hall–Kier alpha value is -0.930. The Morgan fingerprint density at radius 2 is 2.23 bits per heavy atom. The van der Waals surface area contributed by atoms with Crippen molar-refractivity contribution in [3.63, 3.8) is 0 Å². The highest BCUT2D eigenvalue weighted by Gasteiger charge is 2.04. The largest absolute Gasteiger partial charge is 0.497 e. The van der Waals surface area contributed by atoms with Gasteiger partial charge in [-0.15, -0.1) is 0 Å². The fourth-order valence-electron chi connectivity index (χ4n) is 0.833. The van der Waals surface area contributed by atoms with Crippen LogP contribution < -0.4 is 10.1 Å². The van der Waals surface area contributed by atoms with Crippen LogP contribution in [0.4, 0.5) is 10.5 Å². The van der Waals surface area contributed by atoms with Crippen LogP contribution in [-0.2, 0) is 0 Å². The first kappa shape index (κ1) is 10.2. The van der Waals surface area contributed by atoms with Crippen molar-refractivity contribution in [3.8, 4) is 5.75 Å². The van der Waals surface area contributed by atoms with Gasteiger partial charge in [0, 0.05) is 6.07 Å². The van der Waals surface area contributed by atoms with Gasteiger partial charge >= 0.3 is 5.37 Å². The molecule has 13 heavy (non-hydrogen) atoms. The molecule has 0 heterocycles. The second kappa shape index (κ2) is 4.35. The van der Waals surface area contributed by atoms with Gasteiger partial charge in [0.05, 0.1) is 17.8 Å². The number of methoxy groups -OCH3 is 1. The molecule has 0 atom stereocenters. The number of nitrogens with one attached hydrogen (secondary N) is 1. The summed E-state index contributed by atoms with van der Waals surface area (Å²) in [5.74, 6) is 0.602. The van der Waals surface area contributed by atoms with Crippen LogP contribution in [-0.4, -0.2) is 12.5 Å². The van der Waals surface area contributed by atoms with Gasteiger partial charge in [0.1, 0.15) is 5.75 Å². The van der Waals surface area contributed by atoms with Crippen molar-refractivity contribution >= 4 is 34.3 Å². The zero-order valence-electron chi connectivity index (χ0n) is 6.80. The molecule has 0 aliphatic heterocycles. The van der Waals surface area contributed by atoms with Crippen LogP contribution in [0, 0.1) is 0 Å². The molecule has 1 rings (SSSR count). The highest BCUT2D eigenvalue weighted by atomic mass is 35.5. The van der Waals surface area contributed by atoms with E-state index < -0.39 is 5.37 Å². The molecule has 0 bridgehead atoms. The summed E-state index contributed by atoms with van der Waals surface area (Å²) in [5.41, 5.74) is 0.431. The summed E-state index contributed by atoms with van der Waals surface area (Å²) < 4.78 is 4.94. The Balaban J connectivity index is 2.96. The summed E-state index contributed by atoms with van der Waals surface area (Å²) >= 11 is 10.9. The Kier molecular flexibility index (Phi) is 3.39. The maximum atomic E-state index is 10.5. The fraction of sp³-hybridized carbons (Fsp3) is 0.125. The van der Waals surface area contributed by atoms with E-state index in [1.54, 1.807) is 18.2 Å². The molecule has 70 valence electrons. The number of benzene rings is 1. The van der Waals surface area contributed by atoms with Crippen LogP contribution in [0.2, 0.25) is 5.02 Å². The minimum atomic E-state index is -0.685. The van der Waals surface area contributed by atoms with Gasteiger partial charge < -0.3 is 10.1 Å². The molecule has 0 unspecified atom stereocenters. The molecular formula is C8H7Cl2NO2. The number of halogens is 2. The average Bonchev–Trinajstić information content (AvgIpc) is 2.08. The first-order chi connectivity index (χ1) is 6.13. The molecular weight excluding hydrogens is 213 g/mol. The average molecular weight is 220 g/mol. The van der Waals surface area contributed by atoms with E-state index in [0.29, 0.717) is 16.5 Å². The second-order valence-electron chi connectivity index (χ2n) is 2.24. The molecule has 0 aliphatic carbocycles. The molecule has 1 aromatic rings. The molecule has 1 aromatic carbocycles. The van der Waals surface area contributed by atoms with Gasteiger partial charge in [0.15, 0.2) is 0 Å². The van der Waals surface area contributed by atoms with Gasteiger partial charge in [-0.2, -0.15) is 0 Å². The minimum absolute atomic E-state index is 0.412. The summed E-state index contributed by atoms with van der Waals surface area (Å²) in [6.07, 6.45) is 0. The molecule has 0 saturated heterocycles. The molecule has 0 aromatic heterocycles. The van der Waals surface area contributed by atoms with Crippen molar-refractivity contribution in [3.05, 3.63) is 23.2 Å². The van der Waals surface area contributed by atoms with E-state index in [9.17, 15) is 4.79 Å². The number of rotatable bonds is 2. The minimum Gasteiger partial charge on any atom is -0.497 e. The van der Waals surface area contributed by atoms with E-state index in [0.717, 1.165) is 0 Å². The zero-order valence-corrected chi connectivity index (χ0v) is 8.32. The standard InChI is InChI=1S/C8H7Cl2NO2/c1-13-5-2-3-6(9)7(4-5)11-8(10)12/h2-4H,1H3,(H,11,12). The Labute approximate surface area is 85.6 Å². The molecule has 3 nitrogen and oxygen atoms in total. The predicted octanol–water partition coefficient (Wildman–Crippen LogP) is 3.12. The van der Waals surface area contributed by atoms with Crippen molar-refractivity contribution in [2.24, 2.45) is 0 Å². The molecule has 0 radical (unpaired) electrons. The van der Waals surface area contributed by atoms with Crippen molar-refractivity contribution in [2.45, 2.75) is 0 Å². The highest BCUT2D eigenvalue weighted by Crippen LogP contribution is 2.26. The Morgan fingerprint density at radius 3 is 2.77 bits per heavy atom. The third-order valence-corrected chi connectivity index (χ3v) is 1.83. The number of carbonyl (C=O) groups is 1. The lowest BCUT2D eigenvalue weighted by Gasteiger charge is -2.05. The molecule has 1 N–H and O–H groups in total. The van der Waals surface area contributed by atoms with Crippen molar-refractivity contribution < 1.29 is 9.53 Å². The van der Waals surface area contributed by atoms with Gasteiger partial charge in [-0.1, -0.05) is 11.6 Å². The maximum absolute atomic E-state index is 10.5. The number of ether oxygens (including phenoxy) is 1. The normalized spacial score (nSPS) is 9.46. The molecule has 1 amide bonds. The maximum Gasteiger partial charge on any atom is 0.318 e. The third-order valence-electron chi connectivity index (χ3n) is 1.41. The monoisotopic (exact) mass is 219 g/mol. The molecule has 5 heteroatoms. The van der Waals surface area contributed by atoms with Crippen LogP contribution in [0.1, 0.15) is 0 Å². The van der Waals surface area contributed by atoms with E-state index in [1.165, 1.54) is 7.11 Å². The predicted molar refractivity (Wildman–Crippen MR) is 52.9 cm³/mol. The highest BCUT2D eigenvalue weighted by molar-refractivity contribution is 6.66. The second-order valence-corrected chi connectivity index (χ2v) is 2.99. The van der Waals surface area contributed by atoms with Crippen LogP contribution >= 0.6 is 23.2 Å². The van der Waals surface area contributed by atoms with E-state index in [1.807, 2.05) is 0 Å². The molecule has 0 aliphatic rings. The third kappa shape index (κ3) is 2.79. The first-order valence-corrected chi connectivity index (χ1v) is 4.19. The van der Waals surface area contributed by atoms with E-state index in [2.05, 4.69) is 5.32 Å². The number of anilines is 1. The number of carbonyl (C=O) groups excluding carboxylic acids is 1. The van der Waals surface area contributed by atoms with Crippen LogP contribution in [0.5, 0.6) is 5.75 Å². The lowest BCUT2D eigenvalue weighted by molar-refractivity contribution is 0.269. The lowest BCUT2D eigenvalue weighted by atomic mass is 10.3. The van der Waals surface area contributed by atoms with Crippen molar-refractivity contribution in [1.82, 2.24) is 0 Å². The number of hydrogen-bond acceptors (Lipinski definition) is 2. The first-order valence-electron chi connectivity index (χ1n) is 3.43. The van der Waals surface area contributed by atoms with Crippen LogP contribution in [0.15, 0.2) is 18.2 Å². The summed E-state index contributed by atoms with van der Waals surface area (Å²) in [6.45, 7) is 0. The summed E-state index contributed by atoms with van der Waals surface area (Å²) in [5, 5.41) is 2.09. The van der Waals surface area contributed by atoms with Gasteiger partial charge in [-0.3, -0.25) is 4.79 Å². The van der Waals surface area contributed by atoms with Crippen molar-refractivity contribution in [1.29, 1.82) is 0 Å². The topological polar surface area (TPSA) is 38.3 Å². The van der Waals surface area contributed by atoms with E-state index in [4.69, 9.17) is 27.9 Å². The quantitative estimate of drug-likeness (QED) is 0.614. The smallest absolute Gasteiger partial charge is 0.318 e. The number of amides is 1. The van der Waals surface area contributed by atoms with Gasteiger partial charge in [-0.25, -0.2) is 0 Å². The Bertz CT molecular complexity index is 328. The van der Waals surface area contributed by atoms with E-state index in [-0.39, 0.29) is 0 Å². The SMILES string of the molecule is COc1ccc(Cl)c(NC(=O)Cl)c1. The fourth-order valence-corrected chi connectivity index (χ4v) is 1.10. The lowest BCUT2D eigenvalue weighted by Crippen LogP contribution is -2.01. The van der Waals surface area contributed by atoms with Gasteiger partial charge in [0.2, 0.25) is 0 Å². The van der Waals surface area contributed by atoms with E-state index >= 15 is 0 Å². The number of hydrogen-bond donors (Lipinski definition) is 1. The van der Waals surface area contributed by atoms with Gasteiger partial charge in [-0.05, 0) is 23.7 Å². The molecule has 0 saturated carbocycles.